The van der Waals surface area contributed by atoms with E-state index in [2.05, 4.69) is 0 Å². The number of halogens is 6. The Bertz CT molecular complexity index is 3760. The van der Waals surface area contributed by atoms with Crippen molar-refractivity contribution in [3.63, 3.8) is 0 Å². The molecule has 0 heterocycles. The second-order valence-electron chi connectivity index (χ2n) is 18.6. The van der Waals surface area contributed by atoms with Gasteiger partial charge in [0.1, 0.15) is 46.0 Å². The fourth-order valence-electron chi connectivity index (χ4n) is 8.72. The standard InChI is InChI=1S/C67H46F4O7.CH2F2/c1-43-8-11-46(12-9-43)63(72)48-17-27-54(28-18-48)76-57-33-23-51(24-34-57)66(68,67(69,70)71)52-25-35-58(36-26-52)77-55-29-19-49(20-30-55)64(73)47-15-13-45(14-16-47)61-41-10-44(2)42-62(61)65(74)50-21-31-56(32-22-50)78-60-39-37-59(38-40-60)75-53-6-4-3-5-7-53;2-1-3/h3-42H,1-2H3;1H2. The summed E-state index contributed by atoms with van der Waals surface area (Å²) in [5, 5.41) is 0. The summed E-state index contributed by atoms with van der Waals surface area (Å²) in [6.45, 7) is 2.09. The Kier molecular flexibility index (Phi) is 17.0. The van der Waals surface area contributed by atoms with E-state index in [9.17, 15) is 36.3 Å². The number of hydrogen-bond acceptors (Lipinski definition) is 7. The lowest BCUT2D eigenvalue weighted by molar-refractivity contribution is -0.219. The Morgan fingerprint density at radius 1 is 0.346 bits per heavy atom. The molecule has 0 spiro atoms. The topological polar surface area (TPSA) is 88.1 Å². The molecular weight excluding hydrogens is 1040 g/mol. The minimum atomic E-state index is -5.33. The number of aryl methyl sites for hydroxylation is 2. The van der Waals surface area contributed by atoms with Crippen molar-refractivity contribution in [3.8, 4) is 57.1 Å². The summed E-state index contributed by atoms with van der Waals surface area (Å²) in [4.78, 5) is 40.5. The minimum Gasteiger partial charge on any atom is -0.457 e. The van der Waals surface area contributed by atoms with Crippen LogP contribution in [-0.2, 0) is 5.67 Å². The second-order valence-corrected chi connectivity index (χ2v) is 18.6. The van der Waals surface area contributed by atoms with E-state index in [1.165, 1.54) is 24.3 Å². The summed E-state index contributed by atoms with van der Waals surface area (Å²) < 4.78 is 103. The van der Waals surface area contributed by atoms with Gasteiger partial charge in [-0.1, -0.05) is 114 Å². The number of benzene rings is 10. The van der Waals surface area contributed by atoms with Crippen molar-refractivity contribution < 1.29 is 59.7 Å². The molecule has 0 aliphatic heterocycles. The van der Waals surface area contributed by atoms with E-state index >= 15 is 4.39 Å². The van der Waals surface area contributed by atoms with E-state index in [0.717, 1.165) is 46.7 Å². The van der Waals surface area contributed by atoms with Gasteiger partial charge in [0, 0.05) is 44.5 Å². The van der Waals surface area contributed by atoms with Crippen LogP contribution >= 0.6 is 0 Å². The Balaban J connectivity index is 0.00000258. The van der Waals surface area contributed by atoms with Crippen LogP contribution in [0.2, 0.25) is 0 Å². The minimum absolute atomic E-state index is 0.140. The molecule has 0 radical (unpaired) electrons. The maximum Gasteiger partial charge on any atom is 0.431 e. The van der Waals surface area contributed by atoms with Crippen molar-refractivity contribution in [3.05, 3.63) is 298 Å². The van der Waals surface area contributed by atoms with Crippen molar-refractivity contribution in [2.75, 3.05) is 6.93 Å². The molecule has 0 amide bonds. The highest BCUT2D eigenvalue weighted by molar-refractivity contribution is 6.13. The quantitative estimate of drug-likeness (QED) is 0.0663. The molecule has 7 nitrogen and oxygen atoms in total. The van der Waals surface area contributed by atoms with Crippen molar-refractivity contribution in [2.45, 2.75) is 25.7 Å². The average molecular weight is 1090 g/mol. The molecule has 0 aliphatic rings. The van der Waals surface area contributed by atoms with Crippen LogP contribution in [0, 0.1) is 13.8 Å². The number of alkyl halides is 6. The summed E-state index contributed by atoms with van der Waals surface area (Å²) in [6.07, 6.45) is -5.33. The van der Waals surface area contributed by atoms with Crippen LogP contribution < -0.4 is 18.9 Å². The summed E-state index contributed by atoms with van der Waals surface area (Å²) in [7, 11) is 0. The molecule has 0 bridgehead atoms. The number of para-hydroxylation sites is 1. The zero-order valence-corrected chi connectivity index (χ0v) is 43.4. The number of hydrogen-bond donors (Lipinski definition) is 0. The SMILES string of the molecule is Cc1ccc(C(=O)c2ccc(Oc3ccc(C(F)(c4ccc(Oc5ccc(C(=O)c6ccc(-c7ccc(C)cc7C(=O)c7ccc(Oc8ccc(Oc9ccccc9)cc8)cc7)cc6)cc5)cc4)C(F)(F)F)cc3)cc2)cc1.FCF. The molecule has 0 N–H and O–H groups in total. The fourth-order valence-corrected chi connectivity index (χ4v) is 8.72. The highest BCUT2D eigenvalue weighted by Crippen LogP contribution is 2.48. The van der Waals surface area contributed by atoms with Crippen LogP contribution in [0.5, 0.6) is 46.0 Å². The van der Waals surface area contributed by atoms with Gasteiger partial charge in [0.2, 0.25) is 6.93 Å². The molecule has 13 heteroatoms. The van der Waals surface area contributed by atoms with Crippen LogP contribution in [-0.4, -0.2) is 30.5 Å². The van der Waals surface area contributed by atoms with Gasteiger partial charge in [0.15, 0.2) is 17.3 Å². The number of rotatable bonds is 17. The predicted molar refractivity (Wildman–Crippen MR) is 299 cm³/mol. The molecule has 0 aromatic heterocycles. The predicted octanol–water partition coefficient (Wildman–Crippen LogP) is 18.5. The first-order valence-electron chi connectivity index (χ1n) is 25.3. The molecule has 10 aromatic carbocycles. The molecule has 404 valence electrons. The molecule has 10 aromatic rings. The Morgan fingerprint density at radius 2 is 0.630 bits per heavy atom. The monoisotopic (exact) mass is 1090 g/mol. The lowest BCUT2D eigenvalue weighted by Crippen LogP contribution is -2.39. The number of carbonyl (C=O) groups is 3. The van der Waals surface area contributed by atoms with E-state index in [4.69, 9.17) is 18.9 Å². The Morgan fingerprint density at radius 3 is 0.988 bits per heavy atom. The Labute approximate surface area is 463 Å². The van der Waals surface area contributed by atoms with E-state index in [1.54, 1.807) is 121 Å². The Hall–Kier alpha value is -10.0. The maximum atomic E-state index is 16.5. The lowest BCUT2D eigenvalue weighted by Gasteiger charge is -2.29. The van der Waals surface area contributed by atoms with Gasteiger partial charge in [-0.3, -0.25) is 14.4 Å². The van der Waals surface area contributed by atoms with Crippen LogP contribution in [0.1, 0.15) is 70.0 Å². The first-order valence-corrected chi connectivity index (χ1v) is 25.3. The second kappa shape index (κ2) is 24.8. The third-order valence-corrected chi connectivity index (χ3v) is 12.9. The van der Waals surface area contributed by atoms with Gasteiger partial charge in [0.05, 0.1) is 0 Å². The van der Waals surface area contributed by atoms with E-state index < -0.39 is 29.9 Å². The third kappa shape index (κ3) is 13.3. The summed E-state index contributed by atoms with van der Waals surface area (Å²) in [5.41, 5.74) is 0.857. The van der Waals surface area contributed by atoms with E-state index in [1.807, 2.05) is 86.6 Å². The van der Waals surface area contributed by atoms with Crippen LogP contribution in [0.4, 0.5) is 26.3 Å². The number of carbonyl (C=O) groups excluding carboxylic acids is 3. The van der Waals surface area contributed by atoms with Crippen LogP contribution in [0.3, 0.4) is 0 Å². The van der Waals surface area contributed by atoms with Gasteiger partial charge in [0.25, 0.3) is 5.67 Å². The number of ketones is 3. The van der Waals surface area contributed by atoms with Crippen molar-refractivity contribution in [1.82, 2.24) is 0 Å². The highest BCUT2D eigenvalue weighted by Gasteiger charge is 2.58. The first-order chi connectivity index (χ1) is 39.1. The number of ether oxygens (including phenoxy) is 4. The average Bonchev–Trinajstić information content (AvgIpc) is 3.65. The largest absolute Gasteiger partial charge is 0.457 e. The van der Waals surface area contributed by atoms with Crippen molar-refractivity contribution in [2.24, 2.45) is 0 Å². The van der Waals surface area contributed by atoms with E-state index in [-0.39, 0.29) is 28.8 Å². The highest BCUT2D eigenvalue weighted by atomic mass is 19.4. The van der Waals surface area contributed by atoms with Gasteiger partial charge in [-0.05, 0) is 165 Å². The van der Waals surface area contributed by atoms with Crippen LogP contribution in [0.15, 0.2) is 243 Å². The molecule has 0 aliphatic carbocycles. The summed E-state index contributed by atoms with van der Waals surface area (Å²) in [5.74, 6) is 2.86. The molecule has 10 rings (SSSR count). The molecular formula is C68H48F6O7. The molecule has 1 atom stereocenters. The van der Waals surface area contributed by atoms with Gasteiger partial charge < -0.3 is 18.9 Å². The molecule has 0 saturated heterocycles. The van der Waals surface area contributed by atoms with Gasteiger partial charge in [-0.2, -0.15) is 13.2 Å². The molecule has 0 fully saturated rings. The zero-order valence-electron chi connectivity index (χ0n) is 43.4. The van der Waals surface area contributed by atoms with E-state index in [0.29, 0.717) is 67.7 Å². The lowest BCUT2D eigenvalue weighted by atomic mass is 9.87. The summed E-state index contributed by atoms with van der Waals surface area (Å²) in [6, 6.07) is 65.0. The smallest absolute Gasteiger partial charge is 0.431 e. The summed E-state index contributed by atoms with van der Waals surface area (Å²) >= 11 is 0. The van der Waals surface area contributed by atoms with Crippen molar-refractivity contribution >= 4 is 17.3 Å². The van der Waals surface area contributed by atoms with Gasteiger partial charge >= 0.3 is 6.18 Å². The molecule has 0 saturated carbocycles. The molecule has 1 unspecified atom stereocenters. The molecule has 81 heavy (non-hydrogen) atoms. The van der Waals surface area contributed by atoms with Gasteiger partial charge in [-0.25, -0.2) is 13.2 Å². The van der Waals surface area contributed by atoms with Crippen LogP contribution in [0.25, 0.3) is 11.1 Å². The first kappa shape index (κ1) is 55.7. The van der Waals surface area contributed by atoms with Gasteiger partial charge in [-0.15, -0.1) is 0 Å². The maximum absolute atomic E-state index is 16.5. The van der Waals surface area contributed by atoms with Crippen molar-refractivity contribution in [1.29, 1.82) is 0 Å². The normalized spacial score (nSPS) is 11.8. The third-order valence-electron chi connectivity index (χ3n) is 12.9. The fraction of sp³-hybridized carbons (Fsp3) is 0.0735. The zero-order chi connectivity index (χ0) is 57.1.